The van der Waals surface area contributed by atoms with Gasteiger partial charge in [-0.25, -0.2) is 27.2 Å². The molecule has 0 spiro atoms. The monoisotopic (exact) mass is 1780 g/mol. The molecule has 13 N–H and O–H groups in total. The Morgan fingerprint density at radius 3 is 1.02 bits per heavy atom. The van der Waals surface area contributed by atoms with Crippen molar-refractivity contribution in [2.75, 3.05) is 139 Å². The number of ether oxygens (including phenoxy) is 13. The highest BCUT2D eigenvalue weighted by Gasteiger charge is 2.40. The molecule has 4 amide bonds. The number of halogens is 5. The third-order valence-electron chi connectivity index (χ3n) is 20.6. The lowest BCUT2D eigenvalue weighted by molar-refractivity contribution is -0.257. The molecule has 4 aromatic rings. The highest BCUT2D eigenvalue weighted by molar-refractivity contribution is 5.80. The Kier molecular flexibility index (Phi) is 49.4. The largest absolute Gasteiger partial charge is 0.420 e. The van der Waals surface area contributed by atoms with Crippen LogP contribution in [0.1, 0.15) is 158 Å². The number of hydrogen-bond acceptors (Lipinski definition) is 33. The summed E-state index contributed by atoms with van der Waals surface area (Å²) in [6.45, 7) is 3.72. The Hall–Kier alpha value is -7.20. The Bertz CT molecular complexity index is 3380. The fourth-order valence-corrected chi connectivity index (χ4v) is 13.5. The third kappa shape index (κ3) is 39.2. The fraction of sp³-hybridized carbons (Fsp3) is 0.785. The summed E-state index contributed by atoms with van der Waals surface area (Å²) < 4.78 is 146. The summed E-state index contributed by atoms with van der Waals surface area (Å²) in [5.41, 5.74) is 0.909. The second-order valence-electron chi connectivity index (χ2n) is 30.3. The van der Waals surface area contributed by atoms with Crippen LogP contribution >= 0.6 is 0 Å². The van der Waals surface area contributed by atoms with E-state index in [1.165, 1.54) is 0 Å². The average Bonchev–Trinajstić information content (AvgIpc) is 1.02. The summed E-state index contributed by atoms with van der Waals surface area (Å²) in [7, 11) is 0. The van der Waals surface area contributed by atoms with Crippen LogP contribution in [0.25, 0.3) is 0 Å². The van der Waals surface area contributed by atoms with Crippen molar-refractivity contribution in [2.45, 2.75) is 259 Å². The molecule has 40 nitrogen and oxygen atoms in total. The zero-order valence-corrected chi connectivity index (χ0v) is 70.1. The minimum absolute atomic E-state index is 0.0273. The molecule has 45 heteroatoms. The van der Waals surface area contributed by atoms with Crippen molar-refractivity contribution in [1.82, 2.24) is 66.2 Å². The van der Waals surface area contributed by atoms with Gasteiger partial charge in [0.15, 0.2) is 18.9 Å². The lowest BCUT2D eigenvalue weighted by atomic mass is 9.82. The van der Waals surface area contributed by atoms with E-state index in [2.05, 4.69) is 56.9 Å². The summed E-state index contributed by atoms with van der Waals surface area (Å²) in [6.07, 6.45) is 1.06. The van der Waals surface area contributed by atoms with Gasteiger partial charge in [-0.3, -0.25) is 24.0 Å². The number of carbonyl (C=O) groups excluding carboxylic acids is 5. The number of aryl methyl sites for hydroxylation is 3. The van der Waals surface area contributed by atoms with Gasteiger partial charge in [0, 0.05) is 95.1 Å². The number of nitrogens with one attached hydrogen (secondary N) is 4. The fourth-order valence-electron chi connectivity index (χ4n) is 13.5. The summed E-state index contributed by atoms with van der Waals surface area (Å²) in [4.78, 5) is 67.4. The zero-order valence-electron chi connectivity index (χ0n) is 70.1. The molecule has 3 fully saturated rings. The Balaban J connectivity index is 0.847. The van der Waals surface area contributed by atoms with Crippen LogP contribution in [0.15, 0.2) is 18.6 Å². The van der Waals surface area contributed by atoms with Crippen molar-refractivity contribution >= 4 is 29.6 Å². The van der Waals surface area contributed by atoms with E-state index < -0.39 is 140 Å². The molecule has 704 valence electrons. The minimum atomic E-state index is -2.38. The van der Waals surface area contributed by atoms with E-state index in [-0.39, 0.29) is 200 Å². The quantitative estimate of drug-likeness (QED) is 0.00693. The molecule has 0 unspecified atom stereocenters. The van der Waals surface area contributed by atoms with Crippen LogP contribution in [0.5, 0.6) is 5.75 Å². The van der Waals surface area contributed by atoms with Crippen LogP contribution in [0, 0.1) is 29.1 Å². The van der Waals surface area contributed by atoms with E-state index in [1.807, 2.05) is 0 Å². The number of esters is 1. The predicted octanol–water partition coefficient (Wildman–Crippen LogP) is 0.0423. The molecule has 0 bridgehead atoms. The molecule has 3 aliphatic rings. The first-order valence-electron chi connectivity index (χ1n) is 42.7. The third-order valence-corrected chi connectivity index (χ3v) is 20.6. The van der Waals surface area contributed by atoms with Crippen LogP contribution in [-0.2, 0) is 120 Å². The van der Waals surface area contributed by atoms with Crippen LogP contribution < -0.4 is 26.0 Å². The van der Waals surface area contributed by atoms with Gasteiger partial charge >= 0.3 is 5.97 Å². The number of aliphatic hydroxyl groups excluding tert-OH is 9. The van der Waals surface area contributed by atoms with Crippen molar-refractivity contribution in [3.63, 3.8) is 0 Å². The maximum Gasteiger partial charge on any atom is 0.311 e. The topological polar surface area (TPSA) is 528 Å². The number of nitrogens with zero attached hydrogens (tertiary/aromatic N) is 9. The van der Waals surface area contributed by atoms with Crippen molar-refractivity contribution in [3.8, 4) is 5.75 Å². The van der Waals surface area contributed by atoms with Gasteiger partial charge in [0.05, 0.1) is 174 Å². The van der Waals surface area contributed by atoms with Crippen LogP contribution in [0.2, 0.25) is 0 Å². The Morgan fingerprint density at radius 2 is 0.694 bits per heavy atom. The van der Waals surface area contributed by atoms with Gasteiger partial charge in [0.2, 0.25) is 58.5 Å². The normalized spacial score (nSPS) is 21.1. The molecule has 3 saturated heterocycles. The highest BCUT2D eigenvalue weighted by atomic mass is 19.2. The zero-order chi connectivity index (χ0) is 89.3. The number of aromatic nitrogens is 9. The van der Waals surface area contributed by atoms with E-state index in [4.69, 9.17) is 56.8 Å². The van der Waals surface area contributed by atoms with Crippen molar-refractivity contribution in [1.29, 1.82) is 0 Å². The number of amides is 4. The second-order valence-corrected chi connectivity index (χ2v) is 30.3. The molecular weight excluding hydrogens is 1660 g/mol. The summed E-state index contributed by atoms with van der Waals surface area (Å²) in [5.74, 6) is -15.7. The van der Waals surface area contributed by atoms with Gasteiger partial charge in [-0.05, 0) is 70.6 Å². The van der Waals surface area contributed by atoms with Gasteiger partial charge in [0.25, 0.3) is 0 Å². The molecule has 0 saturated carbocycles. The summed E-state index contributed by atoms with van der Waals surface area (Å²) in [5, 5.41) is 125. The molecule has 124 heavy (non-hydrogen) atoms. The first-order valence-corrected chi connectivity index (χ1v) is 42.7. The number of aliphatic hydroxyl groups is 9. The van der Waals surface area contributed by atoms with E-state index in [0.29, 0.717) is 117 Å². The second kappa shape index (κ2) is 59.0. The lowest BCUT2D eigenvalue weighted by Crippen LogP contribution is -2.50. The lowest BCUT2D eigenvalue weighted by Gasteiger charge is -2.36. The minimum Gasteiger partial charge on any atom is -0.420 e. The van der Waals surface area contributed by atoms with Gasteiger partial charge in [-0.1, -0.05) is 54.2 Å². The Morgan fingerprint density at radius 1 is 0.387 bits per heavy atom. The number of carbonyl (C=O) groups is 5. The van der Waals surface area contributed by atoms with Gasteiger partial charge in [-0.15, -0.1) is 15.3 Å². The standard InChI is InChI=1S/C79H126F5N13O27/c80-70-71(81)73(83)78(74(84)72(70)82)124-66(108)16-8-6-4-2-1-3-5-7-15-65(107)88-79(20-17-62(104)85-23-32-112-38-41-115-35-26-95-47-53(89-92-95)12-9-29-118-67-44-56(101)75(109)59(50-98)121-67,21-18-63(105)86-24-33-113-39-42-116-36-27-96-48-54(90-93-96)13-10-30-119-68-45-57(102)76(110)60(51-99)122-68)22-19-64(106)87-25-34-114-40-43-117-37-28-97-49-55(91-94-97)14-11-31-120-69-46-58(103)77(111)61(52-100)123-69/h47-49,56-61,67-69,75-77,98-103,109-111H,1-46,50-52H2,(H,85,104)(H,86,105)(H,87,106)(H,88,107)/t56-,57-,58-,59-,60-,61-,67-,68-,69-,75-,76-,77-/m1/s1. The SMILES string of the molecule is O=C(CCC(CCC(=O)NCCOCCOCCn1cc(CCCO[C@H]2C[C@@H](O)[C@@H](O)[C@@H](CO)O2)nn1)(CCC(=O)NCCOCCOCCn1cc(CCCO[C@H]2C[C@@H](O)[C@@H](O)[C@@H](CO)O2)nn1)NC(=O)CCCCCCCCCCC(=O)Oc1c(F)c(F)c(F)c(F)c1F)NCCOCCOCCn1cc(CCCO[C@H]2C[C@@H](O)[C@@H](O)[C@@H](CO)O2)nn1. The smallest absolute Gasteiger partial charge is 0.311 e. The van der Waals surface area contributed by atoms with E-state index in [0.717, 1.165) is 23.5 Å². The Labute approximate surface area is 715 Å². The van der Waals surface area contributed by atoms with Crippen LogP contribution in [0.4, 0.5) is 22.0 Å². The van der Waals surface area contributed by atoms with E-state index in [1.54, 1.807) is 32.6 Å². The molecule has 3 aromatic heterocycles. The van der Waals surface area contributed by atoms with Crippen molar-refractivity contribution in [2.24, 2.45) is 0 Å². The average molecular weight is 1780 g/mol. The summed E-state index contributed by atoms with van der Waals surface area (Å²) in [6, 6.07) is 0. The van der Waals surface area contributed by atoms with Crippen molar-refractivity contribution in [3.05, 3.63) is 64.8 Å². The number of unbranched alkanes of at least 4 members (excludes halogenated alkanes) is 7. The number of rotatable bonds is 67. The van der Waals surface area contributed by atoms with Crippen LogP contribution in [0.3, 0.4) is 0 Å². The molecular formula is C79H126F5N13O27. The highest BCUT2D eigenvalue weighted by Crippen LogP contribution is 2.32. The first kappa shape index (κ1) is 104. The first-order chi connectivity index (χ1) is 60.0. The number of benzene rings is 1. The predicted molar refractivity (Wildman–Crippen MR) is 421 cm³/mol. The molecule has 3 aliphatic heterocycles. The van der Waals surface area contributed by atoms with E-state index in [9.17, 15) is 91.9 Å². The van der Waals surface area contributed by atoms with Gasteiger partial charge in [0.1, 0.15) is 36.6 Å². The molecule has 0 radical (unpaired) electrons. The molecule has 7 rings (SSSR count). The van der Waals surface area contributed by atoms with Gasteiger partial charge < -0.3 is 129 Å². The van der Waals surface area contributed by atoms with Crippen molar-refractivity contribution < 1.29 is 153 Å². The summed E-state index contributed by atoms with van der Waals surface area (Å²) >= 11 is 0. The molecule has 6 heterocycles. The molecule has 0 aliphatic carbocycles. The maximum atomic E-state index is 14.1. The maximum absolute atomic E-state index is 14.1. The molecule has 1 aromatic carbocycles. The van der Waals surface area contributed by atoms with Crippen LogP contribution in [-0.4, -0.2) is 338 Å². The van der Waals surface area contributed by atoms with E-state index >= 15 is 0 Å². The number of hydrogen-bond donors (Lipinski definition) is 13. The molecule has 12 atom stereocenters. The van der Waals surface area contributed by atoms with Gasteiger partial charge in [-0.2, -0.15) is 8.78 Å².